The van der Waals surface area contributed by atoms with Crippen LogP contribution in [0.1, 0.15) is 18.9 Å². The zero-order chi connectivity index (χ0) is 17.9. The average Bonchev–Trinajstić information content (AvgIpc) is 2.55. The van der Waals surface area contributed by atoms with Crippen LogP contribution in [0.5, 0.6) is 0 Å². The molecule has 2 atom stereocenters. The molecule has 2 aliphatic rings. The van der Waals surface area contributed by atoms with Crippen molar-refractivity contribution in [2.45, 2.75) is 31.5 Å². The van der Waals surface area contributed by atoms with Crippen LogP contribution in [0.2, 0.25) is 0 Å². The third kappa shape index (κ3) is 4.05. The Bertz CT molecular complexity index is 666. The molecule has 0 bridgehead atoms. The van der Waals surface area contributed by atoms with E-state index in [-0.39, 0.29) is 19.2 Å². The van der Waals surface area contributed by atoms with Crippen molar-refractivity contribution in [3.8, 4) is 0 Å². The van der Waals surface area contributed by atoms with Crippen molar-refractivity contribution < 1.29 is 18.3 Å². The summed E-state index contributed by atoms with van der Waals surface area (Å²) in [7, 11) is -3.49. The molecule has 2 saturated heterocycles. The standard InChI is InChI=1S/C17H27N3O4S/c1-15-11-24-14-17(13-21,12-18-25(22,23)19-8-5-9-19)20(15)10-16-6-3-2-4-7-16/h2-4,6-7,15,18,21H,5,8-14H2,1H3/t15-,17+/m1/s1. The molecule has 0 spiro atoms. The van der Waals surface area contributed by atoms with Crippen LogP contribution in [0.3, 0.4) is 0 Å². The van der Waals surface area contributed by atoms with Crippen molar-refractivity contribution in [3.63, 3.8) is 0 Å². The Morgan fingerprint density at radius 3 is 2.64 bits per heavy atom. The molecule has 0 radical (unpaired) electrons. The molecule has 7 nitrogen and oxygen atoms in total. The number of ether oxygens (including phenoxy) is 1. The smallest absolute Gasteiger partial charge is 0.279 e. The fraction of sp³-hybridized carbons (Fsp3) is 0.647. The molecule has 8 heteroatoms. The fourth-order valence-corrected chi connectivity index (χ4v) is 4.73. The van der Waals surface area contributed by atoms with Crippen molar-refractivity contribution in [2.24, 2.45) is 0 Å². The first kappa shape index (κ1) is 18.8. The SMILES string of the molecule is C[C@@H]1COC[C@@](CO)(CNS(=O)(=O)N2CCC2)N1Cc1ccccc1. The molecule has 140 valence electrons. The summed E-state index contributed by atoms with van der Waals surface area (Å²) in [6.45, 7) is 4.60. The molecule has 2 heterocycles. The van der Waals surface area contributed by atoms with Crippen LogP contribution in [0.4, 0.5) is 0 Å². The van der Waals surface area contributed by atoms with E-state index in [1.54, 1.807) is 0 Å². The van der Waals surface area contributed by atoms with E-state index in [9.17, 15) is 13.5 Å². The first-order valence-electron chi connectivity index (χ1n) is 8.71. The van der Waals surface area contributed by atoms with Gasteiger partial charge in [-0.2, -0.15) is 12.7 Å². The Balaban J connectivity index is 1.77. The van der Waals surface area contributed by atoms with Gasteiger partial charge in [-0.25, -0.2) is 4.72 Å². The Morgan fingerprint density at radius 1 is 1.32 bits per heavy atom. The lowest BCUT2D eigenvalue weighted by Crippen LogP contribution is -2.67. The van der Waals surface area contributed by atoms with E-state index in [0.29, 0.717) is 32.8 Å². The zero-order valence-corrected chi connectivity index (χ0v) is 15.4. The van der Waals surface area contributed by atoms with E-state index in [1.807, 2.05) is 37.3 Å². The summed E-state index contributed by atoms with van der Waals surface area (Å²) < 4.78 is 34.4. The fourth-order valence-electron chi connectivity index (χ4n) is 3.35. The van der Waals surface area contributed by atoms with Gasteiger partial charge >= 0.3 is 0 Å². The average molecular weight is 369 g/mol. The zero-order valence-electron chi connectivity index (χ0n) is 14.6. The van der Waals surface area contributed by atoms with Crippen molar-refractivity contribution in [2.75, 3.05) is 39.5 Å². The summed E-state index contributed by atoms with van der Waals surface area (Å²) in [5, 5.41) is 10.1. The van der Waals surface area contributed by atoms with Crippen LogP contribution in [-0.4, -0.2) is 73.8 Å². The molecule has 2 aliphatic heterocycles. The summed E-state index contributed by atoms with van der Waals surface area (Å²) in [6, 6.07) is 10.1. The maximum Gasteiger partial charge on any atom is 0.279 e. The first-order valence-corrected chi connectivity index (χ1v) is 10.1. The van der Waals surface area contributed by atoms with E-state index in [1.165, 1.54) is 4.31 Å². The maximum atomic E-state index is 12.3. The minimum absolute atomic E-state index is 0.0784. The normalized spacial score (nSPS) is 28.6. The summed E-state index contributed by atoms with van der Waals surface area (Å²) >= 11 is 0. The lowest BCUT2D eigenvalue weighted by molar-refractivity contribution is -0.121. The lowest BCUT2D eigenvalue weighted by atomic mass is 9.94. The van der Waals surface area contributed by atoms with Gasteiger partial charge in [-0.05, 0) is 18.9 Å². The second kappa shape index (κ2) is 7.69. The van der Waals surface area contributed by atoms with Crippen LogP contribution < -0.4 is 4.72 Å². The van der Waals surface area contributed by atoms with Crippen LogP contribution in [-0.2, 0) is 21.5 Å². The highest BCUT2D eigenvalue weighted by molar-refractivity contribution is 7.87. The second-order valence-corrected chi connectivity index (χ2v) is 8.69. The van der Waals surface area contributed by atoms with Crippen molar-refractivity contribution >= 4 is 10.2 Å². The summed E-state index contributed by atoms with van der Waals surface area (Å²) in [5.74, 6) is 0. The van der Waals surface area contributed by atoms with Crippen LogP contribution in [0.25, 0.3) is 0 Å². The van der Waals surface area contributed by atoms with Crippen LogP contribution in [0.15, 0.2) is 30.3 Å². The van der Waals surface area contributed by atoms with E-state index in [4.69, 9.17) is 4.74 Å². The minimum atomic E-state index is -3.49. The van der Waals surface area contributed by atoms with E-state index in [2.05, 4.69) is 9.62 Å². The number of hydrogen-bond donors (Lipinski definition) is 2. The highest BCUT2D eigenvalue weighted by Crippen LogP contribution is 2.26. The van der Waals surface area contributed by atoms with Gasteiger partial charge in [-0.1, -0.05) is 30.3 Å². The van der Waals surface area contributed by atoms with Gasteiger partial charge in [0.2, 0.25) is 0 Å². The van der Waals surface area contributed by atoms with Gasteiger partial charge in [0.1, 0.15) is 0 Å². The summed E-state index contributed by atoms with van der Waals surface area (Å²) in [5.41, 5.74) is 0.352. The highest BCUT2D eigenvalue weighted by atomic mass is 32.2. The van der Waals surface area contributed by atoms with Gasteiger partial charge in [0, 0.05) is 32.2 Å². The van der Waals surface area contributed by atoms with Crippen molar-refractivity contribution in [1.29, 1.82) is 0 Å². The predicted octanol–water partition coefficient (Wildman–Crippen LogP) is 0.179. The quantitative estimate of drug-likeness (QED) is 0.716. The van der Waals surface area contributed by atoms with Gasteiger partial charge in [0.15, 0.2) is 0 Å². The number of rotatable bonds is 7. The monoisotopic (exact) mass is 369 g/mol. The van der Waals surface area contributed by atoms with E-state index in [0.717, 1.165) is 12.0 Å². The molecule has 0 unspecified atom stereocenters. The van der Waals surface area contributed by atoms with E-state index >= 15 is 0 Å². The Morgan fingerprint density at radius 2 is 2.04 bits per heavy atom. The molecule has 2 fully saturated rings. The number of benzene rings is 1. The first-order chi connectivity index (χ1) is 12.0. The largest absolute Gasteiger partial charge is 0.394 e. The Hall–Kier alpha value is -1.03. The molecular formula is C17H27N3O4S. The Kier molecular flexibility index (Phi) is 5.77. The third-order valence-electron chi connectivity index (χ3n) is 5.10. The molecule has 0 amide bonds. The molecule has 2 N–H and O–H groups in total. The van der Waals surface area contributed by atoms with Crippen LogP contribution >= 0.6 is 0 Å². The van der Waals surface area contributed by atoms with Crippen molar-refractivity contribution in [1.82, 2.24) is 13.9 Å². The second-order valence-electron chi connectivity index (χ2n) is 6.94. The number of hydrogen-bond acceptors (Lipinski definition) is 5. The molecule has 0 aliphatic carbocycles. The van der Waals surface area contributed by atoms with Gasteiger partial charge in [-0.15, -0.1) is 0 Å². The minimum Gasteiger partial charge on any atom is -0.394 e. The molecule has 25 heavy (non-hydrogen) atoms. The predicted molar refractivity (Wildman–Crippen MR) is 95.2 cm³/mol. The van der Waals surface area contributed by atoms with Crippen LogP contribution in [0, 0.1) is 0 Å². The van der Waals surface area contributed by atoms with Gasteiger partial charge < -0.3 is 9.84 Å². The third-order valence-corrected chi connectivity index (χ3v) is 6.65. The highest BCUT2D eigenvalue weighted by Gasteiger charge is 2.44. The number of nitrogens with one attached hydrogen (secondary N) is 1. The molecule has 0 aromatic heterocycles. The van der Waals surface area contributed by atoms with Gasteiger partial charge in [0.25, 0.3) is 10.2 Å². The number of aliphatic hydroxyl groups is 1. The van der Waals surface area contributed by atoms with Crippen molar-refractivity contribution in [3.05, 3.63) is 35.9 Å². The molecular weight excluding hydrogens is 342 g/mol. The molecule has 1 aromatic rings. The number of aliphatic hydroxyl groups excluding tert-OH is 1. The summed E-state index contributed by atoms with van der Waals surface area (Å²) in [6.07, 6.45) is 0.895. The molecule has 1 aromatic carbocycles. The van der Waals surface area contributed by atoms with E-state index < -0.39 is 15.7 Å². The topological polar surface area (TPSA) is 82.1 Å². The number of nitrogens with zero attached hydrogens (tertiary/aromatic N) is 2. The molecule has 0 saturated carbocycles. The van der Waals surface area contributed by atoms with Gasteiger partial charge in [0.05, 0.1) is 25.4 Å². The Labute approximate surface area is 149 Å². The molecule has 3 rings (SSSR count). The van der Waals surface area contributed by atoms with Gasteiger partial charge in [-0.3, -0.25) is 4.90 Å². The lowest BCUT2D eigenvalue weighted by Gasteiger charge is -2.49. The maximum absolute atomic E-state index is 12.3. The summed E-state index contributed by atoms with van der Waals surface area (Å²) in [4.78, 5) is 2.16. The number of morpholine rings is 1.